The van der Waals surface area contributed by atoms with Gasteiger partial charge in [-0.3, -0.25) is 9.52 Å². The Morgan fingerprint density at radius 3 is 2.24 bits per heavy atom. The number of nitrogens with one attached hydrogen (secondary N) is 2. The van der Waals surface area contributed by atoms with Gasteiger partial charge in [-0.25, -0.2) is 8.42 Å². The van der Waals surface area contributed by atoms with E-state index in [1.807, 2.05) is 24.3 Å². The van der Waals surface area contributed by atoms with Gasteiger partial charge in [-0.15, -0.1) is 0 Å². The lowest BCUT2D eigenvalue weighted by molar-refractivity contribution is 0.0954. The van der Waals surface area contributed by atoms with Crippen LogP contribution in [0, 0.1) is 0 Å². The second kappa shape index (κ2) is 9.25. The fraction of sp³-hybridized carbons (Fsp3) is 0.136. The van der Waals surface area contributed by atoms with Gasteiger partial charge in [0.15, 0.2) is 0 Å². The average molecular weight is 410 g/mol. The number of anilines is 1. The van der Waals surface area contributed by atoms with E-state index in [1.165, 1.54) is 12.1 Å². The van der Waals surface area contributed by atoms with E-state index in [9.17, 15) is 13.2 Å². The van der Waals surface area contributed by atoms with Crippen molar-refractivity contribution >= 4 is 21.6 Å². The van der Waals surface area contributed by atoms with Crippen LogP contribution in [0.3, 0.4) is 0 Å². The van der Waals surface area contributed by atoms with Crippen molar-refractivity contribution in [2.45, 2.75) is 11.3 Å². The largest absolute Gasteiger partial charge is 0.496 e. The Hall–Kier alpha value is -3.32. The lowest BCUT2D eigenvalue weighted by atomic mass is 10.1. The maximum absolute atomic E-state index is 12.3. The second-order valence-electron chi connectivity index (χ2n) is 6.31. The molecule has 0 aliphatic carbocycles. The van der Waals surface area contributed by atoms with Crippen LogP contribution in [0.25, 0.3) is 0 Å². The van der Waals surface area contributed by atoms with Crippen molar-refractivity contribution in [3.8, 4) is 5.75 Å². The van der Waals surface area contributed by atoms with Crippen molar-refractivity contribution in [3.63, 3.8) is 0 Å². The van der Waals surface area contributed by atoms with Crippen molar-refractivity contribution in [1.29, 1.82) is 0 Å². The molecule has 0 heterocycles. The summed E-state index contributed by atoms with van der Waals surface area (Å²) < 4.78 is 32.5. The van der Waals surface area contributed by atoms with Gasteiger partial charge in [0.2, 0.25) is 0 Å². The summed E-state index contributed by atoms with van der Waals surface area (Å²) in [6, 6.07) is 22.1. The number of rotatable bonds is 8. The summed E-state index contributed by atoms with van der Waals surface area (Å²) in [6.07, 6.45) is 0.644. The van der Waals surface area contributed by atoms with E-state index < -0.39 is 10.0 Å². The molecule has 0 saturated carbocycles. The van der Waals surface area contributed by atoms with Crippen LogP contribution in [0.4, 0.5) is 5.69 Å². The molecule has 3 aromatic carbocycles. The Morgan fingerprint density at radius 1 is 0.897 bits per heavy atom. The molecule has 0 saturated heterocycles. The van der Waals surface area contributed by atoms with Gasteiger partial charge < -0.3 is 10.1 Å². The quantitative estimate of drug-likeness (QED) is 0.596. The number of ether oxygens (including phenoxy) is 1. The third-order valence-electron chi connectivity index (χ3n) is 4.33. The van der Waals surface area contributed by atoms with Gasteiger partial charge in [-0.2, -0.15) is 0 Å². The molecule has 0 radical (unpaired) electrons. The molecule has 3 rings (SSSR count). The Balaban J connectivity index is 1.57. The summed E-state index contributed by atoms with van der Waals surface area (Å²) in [4.78, 5) is 12.5. The summed E-state index contributed by atoms with van der Waals surface area (Å²) in [6.45, 7) is 0.460. The molecule has 0 aromatic heterocycles. The highest BCUT2D eigenvalue weighted by molar-refractivity contribution is 7.92. The summed E-state index contributed by atoms with van der Waals surface area (Å²) in [5.41, 5.74) is 1.85. The Bertz CT molecular complexity index is 1070. The van der Waals surface area contributed by atoms with Crippen LogP contribution in [0.1, 0.15) is 15.9 Å². The molecule has 2 N–H and O–H groups in total. The first-order valence-electron chi connectivity index (χ1n) is 9.07. The fourth-order valence-corrected chi connectivity index (χ4v) is 3.91. The van der Waals surface area contributed by atoms with Gasteiger partial charge in [0.1, 0.15) is 5.75 Å². The molecule has 0 atom stereocenters. The molecule has 0 aliphatic heterocycles. The topological polar surface area (TPSA) is 84.5 Å². The summed E-state index contributed by atoms with van der Waals surface area (Å²) >= 11 is 0. The normalized spacial score (nSPS) is 10.9. The molecule has 0 bridgehead atoms. The molecule has 29 heavy (non-hydrogen) atoms. The molecular weight excluding hydrogens is 388 g/mol. The molecule has 0 aliphatic rings. The van der Waals surface area contributed by atoms with Crippen LogP contribution in [-0.2, 0) is 16.4 Å². The van der Waals surface area contributed by atoms with Crippen molar-refractivity contribution < 1.29 is 17.9 Å². The number of hydrogen-bond acceptors (Lipinski definition) is 4. The molecule has 150 valence electrons. The minimum Gasteiger partial charge on any atom is -0.496 e. The number of carbonyl (C=O) groups excluding carboxylic acids is 1. The van der Waals surface area contributed by atoms with Crippen molar-refractivity contribution in [1.82, 2.24) is 5.32 Å². The predicted molar refractivity (Wildman–Crippen MR) is 113 cm³/mol. The van der Waals surface area contributed by atoms with Crippen LogP contribution in [0.15, 0.2) is 83.8 Å². The minimum atomic E-state index is -3.66. The Kier molecular flexibility index (Phi) is 6.51. The van der Waals surface area contributed by atoms with Gasteiger partial charge in [0.25, 0.3) is 15.9 Å². The molecule has 0 spiro atoms. The van der Waals surface area contributed by atoms with Gasteiger partial charge in [0.05, 0.1) is 12.0 Å². The lowest BCUT2D eigenvalue weighted by Crippen LogP contribution is -2.25. The first-order valence-corrected chi connectivity index (χ1v) is 10.6. The van der Waals surface area contributed by atoms with E-state index in [2.05, 4.69) is 10.0 Å². The van der Waals surface area contributed by atoms with Crippen LogP contribution in [0.2, 0.25) is 0 Å². The summed E-state index contributed by atoms with van der Waals surface area (Å²) in [5, 5.41) is 2.86. The van der Waals surface area contributed by atoms with E-state index in [-0.39, 0.29) is 10.8 Å². The van der Waals surface area contributed by atoms with Crippen LogP contribution < -0.4 is 14.8 Å². The van der Waals surface area contributed by atoms with Crippen molar-refractivity contribution in [3.05, 3.63) is 90.0 Å². The standard InChI is InChI=1S/C22H22N2O4S/c1-28-21-10-6-5-7-17(21)15-16-23-22(25)18-11-13-19(14-12-18)24-29(26,27)20-8-3-2-4-9-20/h2-14,24H,15-16H2,1H3,(H,23,25). The van der Waals surface area contributed by atoms with Crippen molar-refractivity contribution in [2.24, 2.45) is 0 Å². The van der Waals surface area contributed by atoms with Gasteiger partial charge in [-0.05, 0) is 54.4 Å². The van der Waals surface area contributed by atoms with Gasteiger partial charge >= 0.3 is 0 Å². The highest BCUT2D eigenvalue weighted by Crippen LogP contribution is 2.18. The molecule has 0 fully saturated rings. The maximum atomic E-state index is 12.3. The number of methoxy groups -OCH3 is 1. The fourth-order valence-electron chi connectivity index (χ4n) is 2.83. The van der Waals surface area contributed by atoms with E-state index in [0.29, 0.717) is 24.2 Å². The number of amides is 1. The average Bonchev–Trinajstić information content (AvgIpc) is 2.75. The first-order chi connectivity index (χ1) is 14.0. The Morgan fingerprint density at radius 2 is 1.55 bits per heavy atom. The zero-order valence-electron chi connectivity index (χ0n) is 16.0. The van der Waals surface area contributed by atoms with Gasteiger partial charge in [0, 0.05) is 17.8 Å². The number of sulfonamides is 1. The predicted octanol–water partition coefficient (Wildman–Crippen LogP) is 3.47. The lowest BCUT2D eigenvalue weighted by Gasteiger charge is -2.10. The second-order valence-corrected chi connectivity index (χ2v) is 8.00. The molecule has 3 aromatic rings. The number of carbonyl (C=O) groups is 1. The SMILES string of the molecule is COc1ccccc1CCNC(=O)c1ccc(NS(=O)(=O)c2ccccc2)cc1. The third kappa shape index (κ3) is 5.36. The molecule has 0 unspecified atom stereocenters. The number of benzene rings is 3. The molecule has 7 heteroatoms. The van der Waals surface area contributed by atoms with Crippen LogP contribution in [-0.4, -0.2) is 28.0 Å². The summed E-state index contributed by atoms with van der Waals surface area (Å²) in [5.74, 6) is 0.564. The monoisotopic (exact) mass is 410 g/mol. The summed E-state index contributed by atoms with van der Waals surface area (Å²) in [7, 11) is -2.04. The highest BCUT2D eigenvalue weighted by atomic mass is 32.2. The van der Waals surface area contributed by atoms with E-state index in [4.69, 9.17) is 4.74 Å². The van der Waals surface area contributed by atoms with E-state index in [0.717, 1.165) is 11.3 Å². The maximum Gasteiger partial charge on any atom is 0.261 e. The molecule has 6 nitrogen and oxygen atoms in total. The molecule has 1 amide bonds. The first kappa shape index (κ1) is 20.4. The number of para-hydroxylation sites is 1. The van der Waals surface area contributed by atoms with E-state index in [1.54, 1.807) is 49.6 Å². The van der Waals surface area contributed by atoms with Gasteiger partial charge in [-0.1, -0.05) is 36.4 Å². The van der Waals surface area contributed by atoms with Crippen LogP contribution >= 0.6 is 0 Å². The van der Waals surface area contributed by atoms with E-state index >= 15 is 0 Å². The molecular formula is C22H22N2O4S. The third-order valence-corrected chi connectivity index (χ3v) is 5.72. The van der Waals surface area contributed by atoms with Crippen LogP contribution in [0.5, 0.6) is 5.75 Å². The van der Waals surface area contributed by atoms with Crippen molar-refractivity contribution in [2.75, 3.05) is 18.4 Å². The zero-order chi connectivity index (χ0) is 20.7. The zero-order valence-corrected chi connectivity index (χ0v) is 16.8. The number of hydrogen-bond donors (Lipinski definition) is 2. The highest BCUT2D eigenvalue weighted by Gasteiger charge is 2.14. The smallest absolute Gasteiger partial charge is 0.261 e. The minimum absolute atomic E-state index is 0.179. The Labute approximate surface area is 170 Å².